The van der Waals surface area contributed by atoms with E-state index in [0.29, 0.717) is 25.6 Å². The lowest BCUT2D eigenvalue weighted by atomic mass is 10.00. The van der Waals surface area contributed by atoms with Crippen LogP contribution in [0.15, 0.2) is 11.6 Å². The van der Waals surface area contributed by atoms with Crippen LogP contribution in [0.1, 0.15) is 52.9 Å². The summed E-state index contributed by atoms with van der Waals surface area (Å²) in [6.07, 6.45) is 6.41. The molecule has 2 aliphatic heterocycles. The molecule has 0 bridgehead atoms. The van der Waals surface area contributed by atoms with E-state index in [9.17, 15) is 9.59 Å². The quantitative estimate of drug-likeness (QED) is 0.645. The van der Waals surface area contributed by atoms with E-state index < -0.39 is 0 Å². The van der Waals surface area contributed by atoms with Crippen molar-refractivity contribution in [3.8, 4) is 0 Å². The van der Waals surface area contributed by atoms with Crippen molar-refractivity contribution in [2.24, 2.45) is 11.8 Å². The average Bonchev–Trinajstić information content (AvgIpc) is 3.24. The second-order valence-corrected chi connectivity index (χ2v) is 8.33. The minimum Gasteiger partial charge on any atom is -0.371 e. The third kappa shape index (κ3) is 5.07. The van der Waals surface area contributed by atoms with Crippen molar-refractivity contribution in [2.45, 2.75) is 77.2 Å². The van der Waals surface area contributed by atoms with E-state index >= 15 is 0 Å². The van der Waals surface area contributed by atoms with Gasteiger partial charge in [0.25, 0.3) is 0 Å². The standard InChI is InChI=1S/C20H32N2O4/c1-12(2)5-4-6-13(3)9-17(23)21-15-10-25-19-16(11-26-18(15)19)22-20(24)14-7-8-14/h5,13-16,18-19H,4,6-11H2,1-3H3,(H,21,23)(H,22,24). The molecule has 6 nitrogen and oxygen atoms in total. The number of carbonyl (C=O) groups excluding carboxylic acids is 2. The molecule has 0 spiro atoms. The Balaban J connectivity index is 1.41. The molecule has 6 heteroatoms. The molecule has 2 saturated heterocycles. The molecule has 0 radical (unpaired) electrons. The number of carbonyl (C=O) groups is 2. The molecule has 0 aromatic rings. The van der Waals surface area contributed by atoms with E-state index in [-0.39, 0.29) is 42.0 Å². The summed E-state index contributed by atoms with van der Waals surface area (Å²) in [7, 11) is 0. The van der Waals surface area contributed by atoms with Gasteiger partial charge in [0, 0.05) is 12.3 Å². The molecule has 1 saturated carbocycles. The van der Waals surface area contributed by atoms with Crippen LogP contribution in [0.2, 0.25) is 0 Å². The fourth-order valence-electron chi connectivity index (χ4n) is 3.73. The molecular weight excluding hydrogens is 332 g/mol. The highest BCUT2D eigenvalue weighted by molar-refractivity contribution is 5.81. The molecule has 2 N–H and O–H groups in total. The van der Waals surface area contributed by atoms with Crippen molar-refractivity contribution in [1.82, 2.24) is 10.6 Å². The molecule has 2 heterocycles. The zero-order valence-corrected chi connectivity index (χ0v) is 16.1. The zero-order valence-electron chi connectivity index (χ0n) is 16.1. The number of amides is 2. The van der Waals surface area contributed by atoms with E-state index in [1.807, 2.05) is 0 Å². The largest absolute Gasteiger partial charge is 0.371 e. The summed E-state index contributed by atoms with van der Waals surface area (Å²) in [6, 6.07) is -0.224. The van der Waals surface area contributed by atoms with Gasteiger partial charge in [-0.25, -0.2) is 0 Å². The summed E-state index contributed by atoms with van der Waals surface area (Å²) in [4.78, 5) is 24.3. The van der Waals surface area contributed by atoms with E-state index in [0.717, 1.165) is 25.7 Å². The van der Waals surface area contributed by atoms with Gasteiger partial charge in [0.15, 0.2) is 0 Å². The maximum absolute atomic E-state index is 12.3. The minimum absolute atomic E-state index is 0.0537. The summed E-state index contributed by atoms with van der Waals surface area (Å²) < 4.78 is 11.7. The molecule has 0 aromatic heterocycles. The lowest BCUT2D eigenvalue weighted by Crippen LogP contribution is -2.47. The Morgan fingerprint density at radius 3 is 2.27 bits per heavy atom. The molecule has 26 heavy (non-hydrogen) atoms. The Kier molecular flexibility index (Phi) is 6.35. The first-order chi connectivity index (χ1) is 12.4. The average molecular weight is 364 g/mol. The predicted octanol–water partition coefficient (Wildman–Crippen LogP) is 1.94. The van der Waals surface area contributed by atoms with Crippen LogP contribution in [0, 0.1) is 11.8 Å². The van der Waals surface area contributed by atoms with Gasteiger partial charge in [-0.3, -0.25) is 9.59 Å². The molecule has 2 amide bonds. The molecule has 5 unspecified atom stereocenters. The Hall–Kier alpha value is -1.40. The molecule has 0 aromatic carbocycles. The van der Waals surface area contributed by atoms with Crippen molar-refractivity contribution in [3.63, 3.8) is 0 Å². The van der Waals surface area contributed by atoms with Crippen molar-refractivity contribution in [3.05, 3.63) is 11.6 Å². The Labute approximate surface area is 156 Å². The second kappa shape index (κ2) is 8.53. The van der Waals surface area contributed by atoms with Crippen LogP contribution in [-0.4, -0.2) is 49.3 Å². The first kappa shape index (κ1) is 19.4. The van der Waals surface area contributed by atoms with Crippen LogP contribution in [0.5, 0.6) is 0 Å². The fourth-order valence-corrected chi connectivity index (χ4v) is 3.73. The highest BCUT2D eigenvalue weighted by atomic mass is 16.6. The van der Waals surface area contributed by atoms with Gasteiger partial charge < -0.3 is 20.1 Å². The molecular formula is C20H32N2O4. The molecule has 146 valence electrons. The number of allylic oxidation sites excluding steroid dienone is 2. The summed E-state index contributed by atoms with van der Waals surface area (Å²) in [6.45, 7) is 7.20. The van der Waals surface area contributed by atoms with Gasteiger partial charge in [-0.05, 0) is 45.4 Å². The summed E-state index contributed by atoms with van der Waals surface area (Å²) in [5.41, 5.74) is 1.32. The normalized spacial score (nSPS) is 31.2. The van der Waals surface area contributed by atoms with Crippen LogP contribution in [0.3, 0.4) is 0 Å². The van der Waals surface area contributed by atoms with Crippen LogP contribution in [-0.2, 0) is 19.1 Å². The number of fused-ring (bicyclic) bond motifs is 1. The molecule has 3 fully saturated rings. The Bertz CT molecular complexity index is 554. The van der Waals surface area contributed by atoms with E-state index in [1.54, 1.807) is 0 Å². The lowest BCUT2D eigenvalue weighted by molar-refractivity contribution is -0.124. The fraction of sp³-hybridized carbons (Fsp3) is 0.800. The first-order valence-electron chi connectivity index (χ1n) is 9.90. The van der Waals surface area contributed by atoms with Crippen molar-refractivity contribution < 1.29 is 19.1 Å². The number of ether oxygens (including phenoxy) is 2. The highest BCUT2D eigenvalue weighted by Gasteiger charge is 2.49. The second-order valence-electron chi connectivity index (χ2n) is 8.33. The van der Waals surface area contributed by atoms with Crippen LogP contribution >= 0.6 is 0 Å². The van der Waals surface area contributed by atoms with Gasteiger partial charge in [-0.2, -0.15) is 0 Å². The molecule has 1 aliphatic carbocycles. The Morgan fingerprint density at radius 1 is 1.08 bits per heavy atom. The predicted molar refractivity (Wildman–Crippen MR) is 98.5 cm³/mol. The van der Waals surface area contributed by atoms with Gasteiger partial charge in [0.05, 0.1) is 25.3 Å². The zero-order chi connectivity index (χ0) is 18.7. The molecule has 3 rings (SSSR count). The van der Waals surface area contributed by atoms with E-state index in [1.165, 1.54) is 5.57 Å². The lowest BCUT2D eigenvalue weighted by Gasteiger charge is -2.19. The number of rotatable bonds is 8. The minimum atomic E-state index is -0.163. The third-order valence-electron chi connectivity index (χ3n) is 5.42. The van der Waals surface area contributed by atoms with Gasteiger partial charge in [-0.1, -0.05) is 18.6 Å². The van der Waals surface area contributed by atoms with Crippen molar-refractivity contribution in [1.29, 1.82) is 0 Å². The van der Waals surface area contributed by atoms with E-state index in [2.05, 4.69) is 37.5 Å². The number of hydrogen-bond donors (Lipinski definition) is 2. The van der Waals surface area contributed by atoms with Crippen LogP contribution in [0.4, 0.5) is 0 Å². The molecule has 3 aliphatic rings. The monoisotopic (exact) mass is 364 g/mol. The van der Waals surface area contributed by atoms with Crippen LogP contribution in [0.25, 0.3) is 0 Å². The van der Waals surface area contributed by atoms with Crippen molar-refractivity contribution in [2.75, 3.05) is 13.2 Å². The summed E-state index contributed by atoms with van der Waals surface area (Å²) >= 11 is 0. The van der Waals surface area contributed by atoms with Gasteiger partial charge in [0.1, 0.15) is 12.2 Å². The number of nitrogens with one attached hydrogen (secondary N) is 2. The highest BCUT2D eigenvalue weighted by Crippen LogP contribution is 2.31. The summed E-state index contributed by atoms with van der Waals surface area (Å²) in [5.74, 6) is 0.691. The van der Waals surface area contributed by atoms with Crippen molar-refractivity contribution >= 4 is 11.8 Å². The summed E-state index contributed by atoms with van der Waals surface area (Å²) in [5, 5.41) is 6.12. The maximum atomic E-state index is 12.3. The number of hydrogen-bond acceptors (Lipinski definition) is 4. The SMILES string of the molecule is CC(C)=CCCC(C)CC(=O)NC1COC2C(NC(=O)C3CC3)COC12. The Morgan fingerprint density at radius 2 is 1.69 bits per heavy atom. The van der Waals surface area contributed by atoms with Gasteiger partial charge in [0.2, 0.25) is 11.8 Å². The van der Waals surface area contributed by atoms with Crippen LogP contribution < -0.4 is 10.6 Å². The molecule has 5 atom stereocenters. The smallest absolute Gasteiger partial charge is 0.223 e. The maximum Gasteiger partial charge on any atom is 0.223 e. The van der Waals surface area contributed by atoms with E-state index in [4.69, 9.17) is 9.47 Å². The third-order valence-corrected chi connectivity index (χ3v) is 5.42. The van der Waals surface area contributed by atoms with Gasteiger partial charge >= 0.3 is 0 Å². The van der Waals surface area contributed by atoms with Gasteiger partial charge in [-0.15, -0.1) is 0 Å². The topological polar surface area (TPSA) is 76.7 Å². The first-order valence-corrected chi connectivity index (χ1v) is 9.90.